The van der Waals surface area contributed by atoms with E-state index in [1.54, 1.807) is 19.5 Å². The van der Waals surface area contributed by atoms with E-state index in [1.807, 2.05) is 35.2 Å². The van der Waals surface area contributed by atoms with E-state index in [9.17, 15) is 4.79 Å². The van der Waals surface area contributed by atoms with Crippen molar-refractivity contribution in [1.29, 1.82) is 0 Å². The minimum Gasteiger partial charge on any atom is -0.497 e. The Labute approximate surface area is 149 Å². The van der Waals surface area contributed by atoms with Crippen molar-refractivity contribution in [3.05, 3.63) is 48.3 Å². The van der Waals surface area contributed by atoms with Gasteiger partial charge >= 0.3 is 0 Å². The third-order valence-electron chi connectivity index (χ3n) is 4.61. The lowest BCUT2D eigenvalue weighted by Crippen LogP contribution is -2.42. The summed E-state index contributed by atoms with van der Waals surface area (Å²) in [6, 6.07) is 10.00. The lowest BCUT2D eigenvalue weighted by atomic mass is 10.0. The van der Waals surface area contributed by atoms with Gasteiger partial charge in [0, 0.05) is 37.1 Å². The Hall–Kier alpha value is -2.40. The van der Waals surface area contributed by atoms with Gasteiger partial charge in [-0.3, -0.25) is 9.78 Å². The van der Waals surface area contributed by atoms with E-state index < -0.39 is 0 Å². The Bertz CT molecular complexity index is 709. The molecule has 25 heavy (non-hydrogen) atoms. The van der Waals surface area contributed by atoms with Gasteiger partial charge in [-0.1, -0.05) is 19.1 Å². The summed E-state index contributed by atoms with van der Waals surface area (Å²) in [5.74, 6) is 0.880. The number of hydrogen-bond donors (Lipinski definition) is 1. The molecule has 1 saturated heterocycles. The summed E-state index contributed by atoms with van der Waals surface area (Å²) in [5.41, 5.74) is 2.61. The molecule has 0 spiro atoms. The molecule has 1 aliphatic rings. The molecule has 0 saturated carbocycles. The highest BCUT2D eigenvalue weighted by molar-refractivity contribution is 5.95. The highest BCUT2D eigenvalue weighted by Crippen LogP contribution is 2.23. The van der Waals surface area contributed by atoms with Crippen LogP contribution in [-0.2, 0) is 0 Å². The second kappa shape index (κ2) is 8.12. The van der Waals surface area contributed by atoms with Crippen molar-refractivity contribution in [2.45, 2.75) is 25.8 Å². The standard InChI is InChI=1S/C20H25N3O2/c1-3-10-23(18-8-9-21-14-18)20(24)17-11-16(12-22-13-17)15-4-6-19(25-2)7-5-15/h4-7,11-13,18,21H,3,8-10,14H2,1-2H3. The number of amides is 1. The molecule has 0 radical (unpaired) electrons. The molecule has 1 unspecified atom stereocenters. The molecule has 1 aliphatic heterocycles. The maximum absolute atomic E-state index is 13.0. The third-order valence-corrected chi connectivity index (χ3v) is 4.61. The van der Waals surface area contributed by atoms with Crippen molar-refractivity contribution in [1.82, 2.24) is 15.2 Å². The number of pyridine rings is 1. The predicted octanol–water partition coefficient (Wildman–Crippen LogP) is 2.97. The second-order valence-electron chi connectivity index (χ2n) is 6.34. The van der Waals surface area contributed by atoms with Crippen LogP contribution in [0.2, 0.25) is 0 Å². The number of ether oxygens (including phenoxy) is 1. The summed E-state index contributed by atoms with van der Waals surface area (Å²) in [5, 5.41) is 3.34. The number of rotatable bonds is 6. The Kier molecular flexibility index (Phi) is 5.66. The zero-order chi connectivity index (χ0) is 17.6. The van der Waals surface area contributed by atoms with Gasteiger partial charge in [-0.25, -0.2) is 0 Å². The number of carbonyl (C=O) groups excluding carboxylic acids is 1. The molecule has 3 rings (SSSR count). The quantitative estimate of drug-likeness (QED) is 0.879. The van der Waals surface area contributed by atoms with Gasteiger partial charge in [0.1, 0.15) is 5.75 Å². The molecular formula is C20H25N3O2. The van der Waals surface area contributed by atoms with Crippen LogP contribution in [0.5, 0.6) is 5.75 Å². The summed E-state index contributed by atoms with van der Waals surface area (Å²) in [4.78, 5) is 19.3. The Morgan fingerprint density at radius 1 is 1.28 bits per heavy atom. The molecule has 0 bridgehead atoms. The van der Waals surface area contributed by atoms with Crippen LogP contribution in [0.15, 0.2) is 42.7 Å². The van der Waals surface area contributed by atoms with Crippen LogP contribution >= 0.6 is 0 Å². The third kappa shape index (κ3) is 3.99. The fourth-order valence-electron chi connectivity index (χ4n) is 3.26. The summed E-state index contributed by atoms with van der Waals surface area (Å²) in [6.07, 6.45) is 5.42. The molecule has 1 amide bonds. The largest absolute Gasteiger partial charge is 0.497 e. The molecular weight excluding hydrogens is 314 g/mol. The molecule has 2 heterocycles. The Morgan fingerprint density at radius 3 is 2.72 bits per heavy atom. The molecule has 1 aromatic heterocycles. The first-order valence-corrected chi connectivity index (χ1v) is 8.84. The van der Waals surface area contributed by atoms with Crippen molar-refractivity contribution >= 4 is 5.91 Å². The normalized spacial score (nSPS) is 16.6. The molecule has 1 aromatic carbocycles. The maximum Gasteiger partial charge on any atom is 0.255 e. The van der Waals surface area contributed by atoms with E-state index in [1.165, 1.54) is 0 Å². The fraction of sp³-hybridized carbons (Fsp3) is 0.400. The van der Waals surface area contributed by atoms with E-state index in [-0.39, 0.29) is 11.9 Å². The summed E-state index contributed by atoms with van der Waals surface area (Å²) >= 11 is 0. The fourth-order valence-corrected chi connectivity index (χ4v) is 3.26. The van der Waals surface area contributed by atoms with Gasteiger partial charge in [0.15, 0.2) is 0 Å². The summed E-state index contributed by atoms with van der Waals surface area (Å²) in [7, 11) is 1.65. The van der Waals surface area contributed by atoms with Gasteiger partial charge in [0.25, 0.3) is 5.91 Å². The van der Waals surface area contributed by atoms with Gasteiger partial charge in [-0.05, 0) is 43.1 Å². The first-order valence-electron chi connectivity index (χ1n) is 8.84. The zero-order valence-corrected chi connectivity index (χ0v) is 14.9. The molecule has 5 heteroatoms. The number of hydrogen-bond acceptors (Lipinski definition) is 4. The first kappa shape index (κ1) is 17.4. The highest BCUT2D eigenvalue weighted by atomic mass is 16.5. The molecule has 1 atom stereocenters. The van der Waals surface area contributed by atoms with Crippen molar-refractivity contribution in [3.8, 4) is 16.9 Å². The van der Waals surface area contributed by atoms with Crippen molar-refractivity contribution in [3.63, 3.8) is 0 Å². The Morgan fingerprint density at radius 2 is 2.08 bits per heavy atom. The molecule has 1 fully saturated rings. The van der Waals surface area contributed by atoms with Crippen molar-refractivity contribution < 1.29 is 9.53 Å². The number of benzene rings is 1. The van der Waals surface area contributed by atoms with Crippen LogP contribution in [0.3, 0.4) is 0 Å². The van der Waals surface area contributed by atoms with E-state index in [0.717, 1.165) is 49.4 Å². The lowest BCUT2D eigenvalue weighted by molar-refractivity contribution is 0.0692. The minimum absolute atomic E-state index is 0.0680. The number of carbonyl (C=O) groups is 1. The minimum atomic E-state index is 0.0680. The van der Waals surface area contributed by atoms with Crippen LogP contribution in [0.25, 0.3) is 11.1 Å². The zero-order valence-electron chi connectivity index (χ0n) is 14.9. The van der Waals surface area contributed by atoms with Crippen molar-refractivity contribution in [2.75, 3.05) is 26.7 Å². The van der Waals surface area contributed by atoms with Crippen LogP contribution < -0.4 is 10.1 Å². The molecule has 132 valence electrons. The number of methoxy groups -OCH3 is 1. The maximum atomic E-state index is 13.0. The van der Waals surface area contributed by atoms with E-state index in [4.69, 9.17) is 4.74 Å². The first-order chi connectivity index (χ1) is 12.2. The van der Waals surface area contributed by atoms with E-state index in [0.29, 0.717) is 5.56 Å². The van der Waals surface area contributed by atoms with Crippen LogP contribution in [-0.4, -0.2) is 48.6 Å². The summed E-state index contributed by atoms with van der Waals surface area (Å²) < 4.78 is 5.20. The van der Waals surface area contributed by atoms with Gasteiger partial charge in [-0.2, -0.15) is 0 Å². The molecule has 1 N–H and O–H groups in total. The van der Waals surface area contributed by atoms with Gasteiger partial charge < -0.3 is 15.0 Å². The molecule has 5 nitrogen and oxygen atoms in total. The lowest BCUT2D eigenvalue weighted by Gasteiger charge is -2.28. The molecule has 0 aliphatic carbocycles. The Balaban J connectivity index is 1.84. The topological polar surface area (TPSA) is 54.5 Å². The van der Waals surface area contributed by atoms with E-state index in [2.05, 4.69) is 17.2 Å². The predicted molar refractivity (Wildman–Crippen MR) is 98.8 cm³/mol. The van der Waals surface area contributed by atoms with Crippen LogP contribution in [0.4, 0.5) is 0 Å². The van der Waals surface area contributed by atoms with Crippen LogP contribution in [0.1, 0.15) is 30.1 Å². The summed E-state index contributed by atoms with van der Waals surface area (Å²) in [6.45, 7) is 4.73. The highest BCUT2D eigenvalue weighted by Gasteiger charge is 2.26. The SMILES string of the molecule is CCCN(C(=O)c1cncc(-c2ccc(OC)cc2)c1)C1CCNC1. The monoisotopic (exact) mass is 339 g/mol. The average Bonchev–Trinajstić information content (AvgIpc) is 3.20. The van der Waals surface area contributed by atoms with Crippen molar-refractivity contribution in [2.24, 2.45) is 0 Å². The second-order valence-corrected chi connectivity index (χ2v) is 6.34. The number of aromatic nitrogens is 1. The number of nitrogens with zero attached hydrogens (tertiary/aromatic N) is 2. The van der Waals surface area contributed by atoms with E-state index >= 15 is 0 Å². The van der Waals surface area contributed by atoms with Gasteiger partial charge in [0.05, 0.1) is 12.7 Å². The van der Waals surface area contributed by atoms with Crippen LogP contribution in [0, 0.1) is 0 Å². The average molecular weight is 339 g/mol. The smallest absolute Gasteiger partial charge is 0.255 e. The number of nitrogens with one attached hydrogen (secondary N) is 1. The molecule has 2 aromatic rings. The van der Waals surface area contributed by atoms with Gasteiger partial charge in [-0.15, -0.1) is 0 Å². The van der Waals surface area contributed by atoms with Gasteiger partial charge in [0.2, 0.25) is 0 Å².